The van der Waals surface area contributed by atoms with Crippen molar-refractivity contribution in [3.8, 4) is 5.75 Å². The first kappa shape index (κ1) is 16.3. The van der Waals surface area contributed by atoms with Gasteiger partial charge in [-0.25, -0.2) is 0 Å². The molecule has 3 nitrogen and oxygen atoms in total. The third kappa shape index (κ3) is 4.21. The average molecular weight is 291 g/mol. The van der Waals surface area contributed by atoms with Crippen molar-refractivity contribution >= 4 is 0 Å². The molecule has 1 N–H and O–H groups in total. The van der Waals surface area contributed by atoms with Crippen LogP contribution in [0.2, 0.25) is 0 Å². The van der Waals surface area contributed by atoms with E-state index in [2.05, 4.69) is 38.2 Å². The molecule has 2 atom stereocenters. The smallest absolute Gasteiger partial charge is 0.120 e. The Labute approximate surface area is 129 Å². The first-order chi connectivity index (χ1) is 10.1. The lowest BCUT2D eigenvalue weighted by Gasteiger charge is -2.31. The highest BCUT2D eigenvalue weighted by atomic mass is 16.5. The minimum Gasteiger partial charge on any atom is -0.489 e. The number of rotatable bonds is 7. The molecule has 0 amide bonds. The van der Waals surface area contributed by atoms with Gasteiger partial charge in [-0.1, -0.05) is 32.9 Å². The van der Waals surface area contributed by atoms with Crippen LogP contribution >= 0.6 is 0 Å². The van der Waals surface area contributed by atoms with Crippen LogP contribution in [0.5, 0.6) is 5.75 Å². The Bertz CT molecular complexity index is 445. The predicted molar refractivity (Wildman–Crippen MR) is 86.7 cm³/mol. The summed E-state index contributed by atoms with van der Waals surface area (Å²) in [7, 11) is 1.72. The van der Waals surface area contributed by atoms with Crippen LogP contribution in [-0.2, 0) is 11.3 Å². The zero-order chi connectivity index (χ0) is 15.3. The second-order valence-electron chi connectivity index (χ2n) is 6.70. The molecule has 0 heterocycles. The van der Waals surface area contributed by atoms with Gasteiger partial charge >= 0.3 is 0 Å². The van der Waals surface area contributed by atoms with E-state index in [1.165, 1.54) is 6.42 Å². The van der Waals surface area contributed by atoms with Gasteiger partial charge in [-0.3, -0.25) is 0 Å². The lowest BCUT2D eigenvalue weighted by atomic mass is 9.87. The lowest BCUT2D eigenvalue weighted by Crippen LogP contribution is -2.47. The van der Waals surface area contributed by atoms with E-state index in [4.69, 9.17) is 9.47 Å². The van der Waals surface area contributed by atoms with Gasteiger partial charge in [0.2, 0.25) is 0 Å². The van der Waals surface area contributed by atoms with E-state index in [-0.39, 0.29) is 6.10 Å². The van der Waals surface area contributed by atoms with Crippen molar-refractivity contribution in [2.24, 2.45) is 5.41 Å². The Morgan fingerprint density at radius 3 is 2.86 bits per heavy atom. The highest BCUT2D eigenvalue weighted by Gasteiger charge is 2.42. The molecule has 1 aromatic carbocycles. The average Bonchev–Trinajstić information content (AvgIpc) is 2.72. The van der Waals surface area contributed by atoms with Gasteiger partial charge in [0.05, 0.1) is 6.61 Å². The van der Waals surface area contributed by atoms with Gasteiger partial charge in [-0.05, 0) is 48.9 Å². The predicted octanol–water partition coefficient (Wildman–Crippen LogP) is 3.77. The molecule has 0 aromatic heterocycles. The van der Waals surface area contributed by atoms with E-state index >= 15 is 0 Å². The molecular formula is C18H29NO2. The van der Waals surface area contributed by atoms with Gasteiger partial charge in [0, 0.05) is 13.2 Å². The fourth-order valence-corrected chi connectivity index (χ4v) is 3.22. The maximum Gasteiger partial charge on any atom is 0.120 e. The summed E-state index contributed by atoms with van der Waals surface area (Å²) in [6.07, 6.45) is 3.73. The highest BCUT2D eigenvalue weighted by molar-refractivity contribution is 5.28. The Hall–Kier alpha value is -1.06. The summed E-state index contributed by atoms with van der Waals surface area (Å²) in [5, 5.41) is 3.68. The number of benzene rings is 1. The lowest BCUT2D eigenvalue weighted by molar-refractivity contribution is 0.139. The second-order valence-corrected chi connectivity index (χ2v) is 6.70. The van der Waals surface area contributed by atoms with Gasteiger partial charge in [0.15, 0.2) is 0 Å². The van der Waals surface area contributed by atoms with Crippen LogP contribution < -0.4 is 10.1 Å². The van der Waals surface area contributed by atoms with Crippen LogP contribution in [-0.4, -0.2) is 25.8 Å². The van der Waals surface area contributed by atoms with E-state index in [0.29, 0.717) is 18.1 Å². The molecule has 0 spiro atoms. The molecule has 3 heteroatoms. The third-order valence-corrected chi connectivity index (χ3v) is 4.40. The number of nitrogens with one attached hydrogen (secondary N) is 1. The van der Waals surface area contributed by atoms with E-state index in [0.717, 1.165) is 30.7 Å². The fourth-order valence-electron chi connectivity index (χ4n) is 3.22. The summed E-state index contributed by atoms with van der Waals surface area (Å²) in [5.41, 5.74) is 1.45. The monoisotopic (exact) mass is 291 g/mol. The van der Waals surface area contributed by atoms with Crippen LogP contribution in [0.4, 0.5) is 0 Å². The minimum absolute atomic E-state index is 0.254. The number of ether oxygens (including phenoxy) is 2. The van der Waals surface area contributed by atoms with Gasteiger partial charge in [0.1, 0.15) is 11.9 Å². The summed E-state index contributed by atoms with van der Waals surface area (Å²) in [4.78, 5) is 0. The Morgan fingerprint density at radius 1 is 1.33 bits per heavy atom. The van der Waals surface area contributed by atoms with Gasteiger partial charge < -0.3 is 14.8 Å². The maximum absolute atomic E-state index is 6.29. The van der Waals surface area contributed by atoms with Crippen molar-refractivity contribution in [1.82, 2.24) is 5.32 Å². The van der Waals surface area contributed by atoms with Crippen molar-refractivity contribution < 1.29 is 9.47 Å². The molecule has 21 heavy (non-hydrogen) atoms. The summed E-state index contributed by atoms with van der Waals surface area (Å²) < 4.78 is 11.5. The van der Waals surface area contributed by atoms with Crippen LogP contribution in [0.1, 0.15) is 45.6 Å². The third-order valence-electron chi connectivity index (χ3n) is 4.40. The first-order valence-electron chi connectivity index (χ1n) is 8.04. The fraction of sp³-hybridized carbons (Fsp3) is 0.667. The Kier molecular flexibility index (Phi) is 5.65. The van der Waals surface area contributed by atoms with Gasteiger partial charge in [-0.15, -0.1) is 0 Å². The molecule has 1 fully saturated rings. The van der Waals surface area contributed by atoms with Crippen LogP contribution in [0.3, 0.4) is 0 Å². The van der Waals surface area contributed by atoms with Gasteiger partial charge in [0.25, 0.3) is 0 Å². The van der Waals surface area contributed by atoms with Crippen molar-refractivity contribution in [2.45, 2.75) is 58.8 Å². The van der Waals surface area contributed by atoms with Crippen LogP contribution in [0.15, 0.2) is 24.3 Å². The van der Waals surface area contributed by atoms with Crippen molar-refractivity contribution in [3.63, 3.8) is 0 Å². The highest BCUT2D eigenvalue weighted by Crippen LogP contribution is 2.39. The Morgan fingerprint density at radius 2 is 2.14 bits per heavy atom. The molecule has 1 saturated carbocycles. The molecular weight excluding hydrogens is 262 g/mol. The largest absolute Gasteiger partial charge is 0.489 e. The topological polar surface area (TPSA) is 30.5 Å². The molecule has 0 bridgehead atoms. The molecule has 1 aliphatic carbocycles. The molecule has 0 saturated heterocycles. The molecule has 2 unspecified atom stereocenters. The molecule has 1 aliphatic rings. The summed E-state index contributed by atoms with van der Waals surface area (Å²) in [5.74, 6) is 0.954. The van der Waals surface area contributed by atoms with E-state index in [1.54, 1.807) is 7.11 Å². The normalized spacial score (nSPS) is 24.2. The SMILES string of the molecule is CCCNC1C(Oc2cccc(COC)c2)CCC1(C)C. The molecule has 2 rings (SSSR count). The van der Waals surface area contributed by atoms with Crippen molar-refractivity contribution in [2.75, 3.05) is 13.7 Å². The van der Waals surface area contributed by atoms with Crippen molar-refractivity contribution in [3.05, 3.63) is 29.8 Å². The zero-order valence-electron chi connectivity index (χ0n) is 13.8. The van der Waals surface area contributed by atoms with Crippen LogP contribution in [0, 0.1) is 5.41 Å². The summed E-state index contributed by atoms with van der Waals surface area (Å²) in [6.45, 7) is 8.57. The summed E-state index contributed by atoms with van der Waals surface area (Å²) >= 11 is 0. The zero-order valence-corrected chi connectivity index (χ0v) is 13.8. The molecule has 1 aromatic rings. The summed E-state index contributed by atoms with van der Waals surface area (Å²) in [6, 6.07) is 8.66. The standard InChI is InChI=1S/C18H29NO2/c1-5-11-19-17-16(9-10-18(17,2)3)21-15-8-6-7-14(12-15)13-20-4/h6-8,12,16-17,19H,5,9-11,13H2,1-4H3. The van der Waals surface area contributed by atoms with E-state index in [1.807, 2.05) is 12.1 Å². The van der Waals surface area contributed by atoms with E-state index in [9.17, 15) is 0 Å². The second kappa shape index (κ2) is 7.28. The molecule has 118 valence electrons. The maximum atomic E-state index is 6.29. The Balaban J connectivity index is 2.05. The number of methoxy groups -OCH3 is 1. The number of hydrogen-bond donors (Lipinski definition) is 1. The minimum atomic E-state index is 0.254. The van der Waals surface area contributed by atoms with Crippen LogP contribution in [0.25, 0.3) is 0 Å². The molecule has 0 radical (unpaired) electrons. The number of hydrogen-bond acceptors (Lipinski definition) is 3. The molecule has 0 aliphatic heterocycles. The first-order valence-corrected chi connectivity index (χ1v) is 8.04. The van der Waals surface area contributed by atoms with E-state index < -0.39 is 0 Å². The quantitative estimate of drug-likeness (QED) is 0.829. The van der Waals surface area contributed by atoms with Gasteiger partial charge in [-0.2, -0.15) is 0 Å². The van der Waals surface area contributed by atoms with Crippen molar-refractivity contribution in [1.29, 1.82) is 0 Å².